The van der Waals surface area contributed by atoms with Crippen LogP contribution in [0.2, 0.25) is 0 Å². The van der Waals surface area contributed by atoms with E-state index >= 15 is 0 Å². The minimum absolute atomic E-state index is 0.165. The van der Waals surface area contributed by atoms with E-state index in [1.807, 2.05) is 30.3 Å². The van der Waals surface area contributed by atoms with Gasteiger partial charge < -0.3 is 0 Å². The number of fused-ring (bicyclic) bond motifs is 1. The van der Waals surface area contributed by atoms with Gasteiger partial charge in [-0.25, -0.2) is 0 Å². The van der Waals surface area contributed by atoms with Crippen molar-refractivity contribution in [3.8, 4) is 11.1 Å². The average molecular weight is 251 g/mol. The van der Waals surface area contributed by atoms with Gasteiger partial charge in [0.25, 0.3) is 0 Å². The van der Waals surface area contributed by atoms with Crippen LogP contribution in [0.1, 0.15) is 32.2 Å². The maximum atomic E-state index is 8.19. The van der Waals surface area contributed by atoms with E-state index in [-0.39, 0.29) is 35.8 Å². The smallest absolute Gasteiger partial charge is 0.0622 e. The zero-order chi connectivity index (χ0) is 17.6. The molecule has 0 aliphatic rings. The fraction of sp³-hybridized carbons (Fsp3) is 0.158. The molecule has 0 unspecified atom stereocenters. The van der Waals surface area contributed by atoms with Crippen LogP contribution < -0.4 is 0 Å². The molecule has 0 fully saturated rings. The van der Waals surface area contributed by atoms with Gasteiger partial charge in [-0.05, 0) is 33.4 Å². The molecule has 0 N–H and O–H groups in total. The summed E-state index contributed by atoms with van der Waals surface area (Å²) in [6.45, 7) is 4.25. The summed E-state index contributed by atoms with van der Waals surface area (Å²) in [5.41, 5.74) is 2.13. The molecule has 3 aromatic rings. The number of benzene rings is 3. The van der Waals surface area contributed by atoms with Crippen molar-refractivity contribution < 1.29 is 6.85 Å². The van der Waals surface area contributed by atoms with Gasteiger partial charge in [-0.3, -0.25) is 0 Å². The molecule has 19 heavy (non-hydrogen) atoms. The Morgan fingerprint density at radius 2 is 1.74 bits per heavy atom. The maximum Gasteiger partial charge on any atom is 0.0629 e. The van der Waals surface area contributed by atoms with Crippen molar-refractivity contribution in [3.05, 3.63) is 72.2 Å². The lowest BCUT2D eigenvalue weighted by atomic mass is 9.94. The van der Waals surface area contributed by atoms with Gasteiger partial charge in [-0.1, -0.05) is 80.5 Å². The second-order valence-corrected chi connectivity index (χ2v) is 4.94. The molecule has 0 saturated heterocycles. The number of rotatable bonds is 2. The Bertz CT molecular complexity index is 915. The Balaban J connectivity index is 2.36. The van der Waals surface area contributed by atoms with Gasteiger partial charge in [0.15, 0.2) is 0 Å². The van der Waals surface area contributed by atoms with E-state index in [0.717, 1.165) is 10.8 Å². The SMILES string of the molecule is [2H]c1c([2H])c([2H])c(-c2cccc3cc(C(C)C)ccc23)c([2H])c1[2H]. The number of hydrogen-bond donors (Lipinski definition) is 0. The van der Waals surface area contributed by atoms with Crippen LogP contribution in [0.25, 0.3) is 21.9 Å². The van der Waals surface area contributed by atoms with Crippen molar-refractivity contribution in [2.45, 2.75) is 19.8 Å². The summed E-state index contributed by atoms with van der Waals surface area (Å²) in [5.74, 6) is 0.402. The fourth-order valence-corrected chi connectivity index (χ4v) is 2.26. The minimum atomic E-state index is -0.365. The van der Waals surface area contributed by atoms with Crippen molar-refractivity contribution in [1.82, 2.24) is 0 Å². The zero-order valence-corrected chi connectivity index (χ0v) is 11.0. The highest BCUT2D eigenvalue weighted by Gasteiger charge is 2.05. The van der Waals surface area contributed by atoms with Crippen LogP contribution in [0.3, 0.4) is 0 Å². The highest BCUT2D eigenvalue weighted by atomic mass is 14.1. The Kier molecular flexibility index (Phi) is 1.93. The van der Waals surface area contributed by atoms with E-state index in [2.05, 4.69) is 19.9 Å². The molecule has 0 atom stereocenters. The third-order valence-electron chi connectivity index (χ3n) is 3.34. The summed E-state index contributed by atoms with van der Waals surface area (Å²) in [4.78, 5) is 0. The molecule has 0 heterocycles. The van der Waals surface area contributed by atoms with Gasteiger partial charge >= 0.3 is 0 Å². The first-order valence-electron chi connectivity index (χ1n) is 8.93. The van der Waals surface area contributed by atoms with E-state index in [1.54, 1.807) is 0 Å². The Morgan fingerprint density at radius 1 is 0.947 bits per heavy atom. The molecule has 3 rings (SSSR count). The Labute approximate surface area is 121 Å². The monoisotopic (exact) mass is 251 g/mol. The summed E-state index contributed by atoms with van der Waals surface area (Å²) < 4.78 is 39.9. The van der Waals surface area contributed by atoms with Gasteiger partial charge in [0.1, 0.15) is 0 Å². The molecule has 0 heteroatoms. The van der Waals surface area contributed by atoms with Crippen LogP contribution in [0.5, 0.6) is 0 Å². The van der Waals surface area contributed by atoms with Crippen molar-refractivity contribution in [2.75, 3.05) is 0 Å². The predicted octanol–water partition coefficient (Wildman–Crippen LogP) is 5.63. The molecule has 0 aromatic heterocycles. The quantitative estimate of drug-likeness (QED) is 0.553. The van der Waals surface area contributed by atoms with Crippen LogP contribution in [-0.4, -0.2) is 0 Å². The van der Waals surface area contributed by atoms with Crippen molar-refractivity contribution >= 4 is 10.8 Å². The molecule has 0 aliphatic carbocycles. The van der Waals surface area contributed by atoms with E-state index < -0.39 is 0 Å². The molecule has 94 valence electrons. The molecule has 0 saturated carbocycles. The van der Waals surface area contributed by atoms with E-state index in [9.17, 15) is 0 Å². The first kappa shape index (κ1) is 7.49. The Hall–Kier alpha value is -2.08. The molecule has 3 aromatic carbocycles. The topological polar surface area (TPSA) is 0 Å². The Morgan fingerprint density at radius 3 is 2.47 bits per heavy atom. The van der Waals surface area contributed by atoms with Gasteiger partial charge in [0.05, 0.1) is 6.85 Å². The standard InChI is InChI=1S/C19H18/c1-14(2)16-11-12-19-17(13-16)9-6-10-18(19)15-7-4-3-5-8-15/h3-14H,1-2H3/i3D,4D,5D,7D,8D. The normalized spacial score (nSPS) is 14.8. The lowest BCUT2D eigenvalue weighted by Gasteiger charge is -2.10. The van der Waals surface area contributed by atoms with Crippen LogP contribution >= 0.6 is 0 Å². The van der Waals surface area contributed by atoms with Crippen LogP contribution in [0.4, 0.5) is 0 Å². The fourth-order valence-electron chi connectivity index (χ4n) is 2.26. The summed E-state index contributed by atoms with van der Waals surface area (Å²) >= 11 is 0. The second-order valence-electron chi connectivity index (χ2n) is 4.94. The number of hydrogen-bond acceptors (Lipinski definition) is 0. The van der Waals surface area contributed by atoms with Gasteiger partial charge in [-0.2, -0.15) is 0 Å². The molecule has 0 aliphatic heterocycles. The largest absolute Gasteiger partial charge is 0.0629 e. The highest BCUT2D eigenvalue weighted by Crippen LogP contribution is 2.30. The van der Waals surface area contributed by atoms with Crippen LogP contribution in [-0.2, 0) is 0 Å². The predicted molar refractivity (Wildman–Crippen MR) is 83.5 cm³/mol. The first-order chi connectivity index (χ1) is 11.3. The van der Waals surface area contributed by atoms with Crippen LogP contribution in [0.15, 0.2) is 66.6 Å². The van der Waals surface area contributed by atoms with Gasteiger partial charge in [0, 0.05) is 0 Å². The van der Waals surface area contributed by atoms with Gasteiger partial charge in [0.2, 0.25) is 0 Å². The highest BCUT2D eigenvalue weighted by molar-refractivity contribution is 5.97. The maximum absolute atomic E-state index is 8.19. The second kappa shape index (κ2) is 4.89. The third kappa shape index (κ3) is 2.26. The lowest BCUT2D eigenvalue weighted by Crippen LogP contribution is -1.88. The van der Waals surface area contributed by atoms with Crippen LogP contribution in [0, 0.1) is 0 Å². The average Bonchev–Trinajstić information content (AvgIpc) is 2.58. The molecule has 0 spiro atoms. The minimum Gasteiger partial charge on any atom is -0.0622 e. The van der Waals surface area contributed by atoms with E-state index in [0.29, 0.717) is 11.5 Å². The van der Waals surface area contributed by atoms with Gasteiger partial charge in [-0.15, -0.1) is 0 Å². The summed E-state index contributed by atoms with van der Waals surface area (Å²) in [6, 6.07) is 10.5. The van der Waals surface area contributed by atoms with Crippen molar-refractivity contribution in [3.63, 3.8) is 0 Å². The molecule has 0 amide bonds. The molecule has 0 nitrogen and oxygen atoms in total. The molecule has 0 bridgehead atoms. The first-order valence-corrected chi connectivity index (χ1v) is 6.43. The van der Waals surface area contributed by atoms with Crippen molar-refractivity contribution in [2.24, 2.45) is 0 Å². The van der Waals surface area contributed by atoms with E-state index in [1.165, 1.54) is 5.56 Å². The summed E-state index contributed by atoms with van der Waals surface area (Å²) in [7, 11) is 0. The lowest BCUT2D eigenvalue weighted by molar-refractivity contribution is 0.869. The van der Waals surface area contributed by atoms with E-state index in [4.69, 9.17) is 6.85 Å². The molecular formula is C19H18. The summed E-state index contributed by atoms with van der Waals surface area (Å²) in [5, 5.41) is 1.89. The zero-order valence-electron chi connectivity index (χ0n) is 16.0. The van der Waals surface area contributed by atoms with Crippen molar-refractivity contribution in [1.29, 1.82) is 0 Å². The third-order valence-corrected chi connectivity index (χ3v) is 3.34. The molecular weight excluding hydrogens is 228 g/mol. The molecule has 0 radical (unpaired) electrons. The summed E-state index contributed by atoms with van der Waals surface area (Å²) in [6.07, 6.45) is 0.